The Bertz CT molecular complexity index is 423. The van der Waals surface area contributed by atoms with Crippen LogP contribution in [-0.2, 0) is 0 Å². The van der Waals surface area contributed by atoms with Crippen molar-refractivity contribution in [2.24, 2.45) is 0 Å². The van der Waals surface area contributed by atoms with Crippen molar-refractivity contribution in [1.82, 2.24) is 15.2 Å². The van der Waals surface area contributed by atoms with E-state index in [1.54, 1.807) is 18.5 Å². The van der Waals surface area contributed by atoms with E-state index in [0.29, 0.717) is 11.2 Å². The predicted molar refractivity (Wildman–Crippen MR) is 38.6 cm³/mol. The SMILES string of the molecule is N#Cc1nccc2cn[nH]c12. The summed E-state index contributed by atoms with van der Waals surface area (Å²) in [5.41, 5.74) is 1.09. The fourth-order valence-electron chi connectivity index (χ4n) is 0.953. The maximum Gasteiger partial charge on any atom is 0.166 e. The molecule has 0 aromatic carbocycles. The Labute approximate surface area is 62.5 Å². The van der Waals surface area contributed by atoms with Crippen molar-refractivity contribution in [3.63, 3.8) is 0 Å². The maximum absolute atomic E-state index is 8.59. The summed E-state index contributed by atoms with van der Waals surface area (Å²) in [6.45, 7) is 0. The van der Waals surface area contributed by atoms with E-state index in [0.717, 1.165) is 5.39 Å². The Hall–Kier alpha value is -1.89. The van der Waals surface area contributed by atoms with Crippen LogP contribution in [0.2, 0.25) is 0 Å². The van der Waals surface area contributed by atoms with E-state index < -0.39 is 0 Å². The van der Waals surface area contributed by atoms with E-state index >= 15 is 0 Å². The number of aromatic nitrogens is 3. The fourth-order valence-corrected chi connectivity index (χ4v) is 0.953. The Kier molecular flexibility index (Phi) is 1.10. The molecular weight excluding hydrogens is 140 g/mol. The summed E-state index contributed by atoms with van der Waals surface area (Å²) < 4.78 is 0. The summed E-state index contributed by atoms with van der Waals surface area (Å²) in [6, 6.07) is 3.78. The molecular formula is C7H4N4. The summed E-state index contributed by atoms with van der Waals surface area (Å²) in [5.74, 6) is 0. The summed E-state index contributed by atoms with van der Waals surface area (Å²) in [6.07, 6.45) is 3.26. The topological polar surface area (TPSA) is 65.4 Å². The van der Waals surface area contributed by atoms with E-state index in [1.807, 2.05) is 6.07 Å². The number of H-pyrrole nitrogens is 1. The lowest BCUT2D eigenvalue weighted by Gasteiger charge is -1.87. The summed E-state index contributed by atoms with van der Waals surface area (Å²) in [5, 5.41) is 16.0. The maximum atomic E-state index is 8.59. The molecule has 4 nitrogen and oxygen atoms in total. The minimum Gasteiger partial charge on any atom is -0.275 e. The van der Waals surface area contributed by atoms with Crippen LogP contribution in [-0.4, -0.2) is 15.2 Å². The first-order valence-corrected chi connectivity index (χ1v) is 3.10. The van der Waals surface area contributed by atoms with Crippen LogP contribution in [0, 0.1) is 11.3 Å². The zero-order valence-corrected chi connectivity index (χ0v) is 5.57. The van der Waals surface area contributed by atoms with Gasteiger partial charge in [0, 0.05) is 11.6 Å². The van der Waals surface area contributed by atoms with Crippen LogP contribution in [0.5, 0.6) is 0 Å². The molecule has 0 aliphatic rings. The number of nitrogens with zero attached hydrogens (tertiary/aromatic N) is 3. The summed E-state index contributed by atoms with van der Waals surface area (Å²) in [7, 11) is 0. The van der Waals surface area contributed by atoms with Crippen LogP contribution < -0.4 is 0 Å². The van der Waals surface area contributed by atoms with Gasteiger partial charge in [0.05, 0.1) is 6.20 Å². The molecule has 0 unspecified atom stereocenters. The predicted octanol–water partition coefficient (Wildman–Crippen LogP) is 0.830. The van der Waals surface area contributed by atoms with Gasteiger partial charge in [-0.05, 0) is 6.07 Å². The van der Waals surface area contributed by atoms with Gasteiger partial charge >= 0.3 is 0 Å². The first-order valence-electron chi connectivity index (χ1n) is 3.10. The molecule has 2 aromatic heterocycles. The van der Waals surface area contributed by atoms with Gasteiger partial charge < -0.3 is 0 Å². The van der Waals surface area contributed by atoms with E-state index in [1.165, 1.54) is 0 Å². The van der Waals surface area contributed by atoms with Crippen molar-refractivity contribution in [3.8, 4) is 6.07 Å². The van der Waals surface area contributed by atoms with Gasteiger partial charge in [0.2, 0.25) is 0 Å². The largest absolute Gasteiger partial charge is 0.275 e. The molecule has 52 valence electrons. The lowest BCUT2D eigenvalue weighted by molar-refractivity contribution is 1.11. The highest BCUT2D eigenvalue weighted by Gasteiger charge is 2.00. The minimum atomic E-state index is 0.389. The summed E-state index contributed by atoms with van der Waals surface area (Å²) >= 11 is 0. The third-order valence-corrected chi connectivity index (χ3v) is 1.47. The van der Waals surface area contributed by atoms with Gasteiger partial charge in [-0.2, -0.15) is 10.4 Å². The van der Waals surface area contributed by atoms with Crippen LogP contribution in [0.15, 0.2) is 18.5 Å². The second kappa shape index (κ2) is 2.06. The van der Waals surface area contributed by atoms with Gasteiger partial charge in [-0.15, -0.1) is 0 Å². The second-order valence-corrected chi connectivity index (χ2v) is 2.11. The van der Waals surface area contributed by atoms with Gasteiger partial charge in [-0.1, -0.05) is 0 Å². The molecule has 1 N–H and O–H groups in total. The first-order chi connectivity index (χ1) is 5.42. The molecule has 0 saturated carbocycles. The van der Waals surface area contributed by atoms with Gasteiger partial charge in [0.1, 0.15) is 11.6 Å². The molecule has 0 aliphatic carbocycles. The highest BCUT2D eigenvalue weighted by atomic mass is 15.1. The molecule has 11 heavy (non-hydrogen) atoms. The Morgan fingerprint density at radius 1 is 1.55 bits per heavy atom. The van der Waals surface area contributed by atoms with Crippen LogP contribution >= 0.6 is 0 Å². The highest BCUT2D eigenvalue weighted by molar-refractivity contribution is 5.81. The lowest BCUT2D eigenvalue weighted by Crippen LogP contribution is -1.82. The smallest absolute Gasteiger partial charge is 0.166 e. The number of nitrogens with one attached hydrogen (secondary N) is 1. The van der Waals surface area contributed by atoms with Gasteiger partial charge in [0.25, 0.3) is 0 Å². The van der Waals surface area contributed by atoms with Gasteiger partial charge in [0.15, 0.2) is 5.69 Å². The van der Waals surface area contributed by atoms with Crippen molar-refractivity contribution in [2.75, 3.05) is 0 Å². The van der Waals surface area contributed by atoms with Gasteiger partial charge in [-0.25, -0.2) is 4.98 Å². The zero-order chi connectivity index (χ0) is 7.68. The third-order valence-electron chi connectivity index (χ3n) is 1.47. The molecule has 0 atom stereocenters. The van der Waals surface area contributed by atoms with Crippen molar-refractivity contribution in [2.45, 2.75) is 0 Å². The summed E-state index contributed by atoms with van der Waals surface area (Å²) in [4.78, 5) is 3.87. The van der Waals surface area contributed by atoms with Crippen LogP contribution in [0.3, 0.4) is 0 Å². The fraction of sp³-hybridized carbons (Fsp3) is 0. The van der Waals surface area contributed by atoms with Crippen molar-refractivity contribution >= 4 is 10.9 Å². The Balaban J connectivity index is 2.92. The molecule has 0 radical (unpaired) electrons. The number of fused-ring (bicyclic) bond motifs is 1. The number of pyridine rings is 1. The molecule has 0 amide bonds. The molecule has 0 bridgehead atoms. The molecule has 2 heterocycles. The van der Waals surface area contributed by atoms with Crippen molar-refractivity contribution in [3.05, 3.63) is 24.2 Å². The minimum absolute atomic E-state index is 0.389. The molecule has 2 aromatic rings. The normalized spacial score (nSPS) is 9.73. The number of hydrogen-bond acceptors (Lipinski definition) is 3. The van der Waals surface area contributed by atoms with E-state index in [4.69, 9.17) is 5.26 Å². The lowest BCUT2D eigenvalue weighted by atomic mass is 10.3. The van der Waals surface area contributed by atoms with E-state index in [-0.39, 0.29) is 0 Å². The number of aromatic amines is 1. The average Bonchev–Trinajstić information content (AvgIpc) is 2.50. The standard InChI is InChI=1S/C7H4N4/c8-3-6-7-5(1-2-9-6)4-10-11-7/h1-2,4H,(H,10,11). The van der Waals surface area contributed by atoms with E-state index in [2.05, 4.69) is 15.2 Å². The van der Waals surface area contributed by atoms with Crippen LogP contribution in [0.1, 0.15) is 5.69 Å². The molecule has 0 saturated heterocycles. The zero-order valence-electron chi connectivity index (χ0n) is 5.57. The second-order valence-electron chi connectivity index (χ2n) is 2.11. The van der Waals surface area contributed by atoms with Crippen LogP contribution in [0.4, 0.5) is 0 Å². The number of rotatable bonds is 0. The van der Waals surface area contributed by atoms with Crippen molar-refractivity contribution < 1.29 is 0 Å². The molecule has 0 spiro atoms. The molecule has 0 fully saturated rings. The third kappa shape index (κ3) is 0.749. The van der Waals surface area contributed by atoms with Crippen LogP contribution in [0.25, 0.3) is 10.9 Å². The highest BCUT2D eigenvalue weighted by Crippen LogP contribution is 2.10. The Morgan fingerprint density at radius 2 is 2.45 bits per heavy atom. The first kappa shape index (κ1) is 5.86. The average molecular weight is 144 g/mol. The molecule has 4 heteroatoms. The molecule has 2 rings (SSSR count). The van der Waals surface area contributed by atoms with Crippen molar-refractivity contribution in [1.29, 1.82) is 5.26 Å². The Morgan fingerprint density at radius 3 is 3.27 bits per heavy atom. The number of hydrogen-bond donors (Lipinski definition) is 1. The monoisotopic (exact) mass is 144 g/mol. The molecule has 0 aliphatic heterocycles. The van der Waals surface area contributed by atoms with Gasteiger partial charge in [-0.3, -0.25) is 5.10 Å². The van der Waals surface area contributed by atoms with E-state index in [9.17, 15) is 0 Å². The quantitative estimate of drug-likeness (QED) is 0.595. The number of nitriles is 1.